The normalized spacial score (nSPS) is 10.7. The number of anilines is 2. The maximum absolute atomic E-state index is 10.7. The number of para-hydroxylation sites is 1. The molecule has 0 aliphatic carbocycles. The largest absolute Gasteiger partial charge is 0.355 e. The number of rotatable bonds is 4. The SMILES string of the molecule is CCc1cccc2c(Nc3ccc([N+](=O)[O-])cc3)cc(Cl)nc12. The van der Waals surface area contributed by atoms with Crippen molar-refractivity contribution in [1.29, 1.82) is 0 Å². The summed E-state index contributed by atoms with van der Waals surface area (Å²) in [6.07, 6.45) is 0.863. The second-order valence-electron chi connectivity index (χ2n) is 5.09. The molecule has 6 heteroatoms. The molecule has 3 aromatic rings. The number of aromatic nitrogens is 1. The highest BCUT2D eigenvalue weighted by Gasteiger charge is 2.09. The number of aryl methyl sites for hydroxylation is 1. The third-order valence-electron chi connectivity index (χ3n) is 3.63. The molecule has 0 spiro atoms. The Morgan fingerprint density at radius 3 is 2.61 bits per heavy atom. The van der Waals surface area contributed by atoms with E-state index in [4.69, 9.17) is 11.6 Å². The molecule has 0 atom stereocenters. The molecule has 2 aromatic carbocycles. The molecule has 0 fully saturated rings. The third kappa shape index (κ3) is 3.10. The molecule has 23 heavy (non-hydrogen) atoms. The zero-order valence-electron chi connectivity index (χ0n) is 12.4. The van der Waals surface area contributed by atoms with Crippen LogP contribution in [0.5, 0.6) is 0 Å². The number of fused-ring (bicyclic) bond motifs is 1. The Morgan fingerprint density at radius 1 is 1.22 bits per heavy atom. The van der Waals surface area contributed by atoms with Crippen LogP contribution < -0.4 is 5.32 Å². The van der Waals surface area contributed by atoms with Crippen LogP contribution in [-0.4, -0.2) is 9.91 Å². The van der Waals surface area contributed by atoms with E-state index in [9.17, 15) is 10.1 Å². The molecular weight excluding hydrogens is 314 g/mol. The van der Waals surface area contributed by atoms with Crippen LogP contribution in [0.4, 0.5) is 17.1 Å². The van der Waals surface area contributed by atoms with E-state index in [0.29, 0.717) is 5.15 Å². The van der Waals surface area contributed by atoms with Crippen molar-refractivity contribution >= 4 is 39.6 Å². The maximum atomic E-state index is 10.7. The van der Waals surface area contributed by atoms with Gasteiger partial charge in [0, 0.05) is 23.2 Å². The van der Waals surface area contributed by atoms with Crippen LogP contribution in [0.15, 0.2) is 48.5 Å². The number of nitrogens with one attached hydrogen (secondary N) is 1. The zero-order valence-corrected chi connectivity index (χ0v) is 13.2. The van der Waals surface area contributed by atoms with Gasteiger partial charge in [0.1, 0.15) is 5.15 Å². The summed E-state index contributed by atoms with van der Waals surface area (Å²) in [5.41, 5.74) is 3.62. The Labute approximate surface area is 138 Å². The number of halogens is 1. The highest BCUT2D eigenvalue weighted by Crippen LogP contribution is 2.30. The quantitative estimate of drug-likeness (QED) is 0.411. The summed E-state index contributed by atoms with van der Waals surface area (Å²) in [5.74, 6) is 0. The Hall–Kier alpha value is -2.66. The summed E-state index contributed by atoms with van der Waals surface area (Å²) < 4.78 is 0. The van der Waals surface area contributed by atoms with Gasteiger partial charge in [0.2, 0.25) is 0 Å². The Balaban J connectivity index is 2.04. The lowest BCUT2D eigenvalue weighted by Gasteiger charge is -2.12. The highest BCUT2D eigenvalue weighted by atomic mass is 35.5. The average Bonchev–Trinajstić information content (AvgIpc) is 2.54. The van der Waals surface area contributed by atoms with Crippen molar-refractivity contribution in [2.45, 2.75) is 13.3 Å². The Morgan fingerprint density at radius 2 is 1.96 bits per heavy atom. The molecule has 5 nitrogen and oxygen atoms in total. The lowest BCUT2D eigenvalue weighted by atomic mass is 10.1. The number of nitro benzene ring substituents is 1. The van der Waals surface area contributed by atoms with Gasteiger partial charge in [-0.05, 0) is 30.2 Å². The Kier molecular flexibility index (Phi) is 4.12. The standard InChI is InChI=1S/C17H14ClN3O2/c1-2-11-4-3-5-14-15(10-16(18)20-17(11)14)19-12-6-8-13(9-7-12)21(22)23/h3-10H,2H2,1H3,(H,19,20). The molecule has 0 aliphatic heterocycles. The van der Waals surface area contributed by atoms with E-state index in [1.807, 2.05) is 18.2 Å². The number of hydrogen-bond acceptors (Lipinski definition) is 4. The van der Waals surface area contributed by atoms with Gasteiger partial charge in [-0.25, -0.2) is 4.98 Å². The van der Waals surface area contributed by atoms with E-state index in [-0.39, 0.29) is 5.69 Å². The Bertz CT molecular complexity index is 879. The minimum Gasteiger partial charge on any atom is -0.355 e. The van der Waals surface area contributed by atoms with Crippen LogP contribution >= 0.6 is 11.6 Å². The molecule has 116 valence electrons. The predicted octanol–water partition coefficient (Wildman–Crippen LogP) is 5.10. The van der Waals surface area contributed by atoms with E-state index in [2.05, 4.69) is 17.2 Å². The third-order valence-corrected chi connectivity index (χ3v) is 3.82. The fourth-order valence-corrected chi connectivity index (χ4v) is 2.68. The second-order valence-corrected chi connectivity index (χ2v) is 5.48. The van der Waals surface area contributed by atoms with Gasteiger partial charge in [-0.1, -0.05) is 36.7 Å². The number of nitro groups is 1. The number of non-ortho nitro benzene ring substituents is 1. The van der Waals surface area contributed by atoms with Crippen LogP contribution in [0.2, 0.25) is 5.15 Å². The minimum atomic E-state index is -0.421. The van der Waals surface area contributed by atoms with Gasteiger partial charge in [-0.15, -0.1) is 0 Å². The fourth-order valence-electron chi connectivity index (χ4n) is 2.49. The zero-order chi connectivity index (χ0) is 16.4. The number of nitrogens with zero attached hydrogens (tertiary/aromatic N) is 2. The van der Waals surface area contributed by atoms with E-state index in [1.165, 1.54) is 12.1 Å². The van der Waals surface area contributed by atoms with Crippen molar-refractivity contribution in [3.63, 3.8) is 0 Å². The second kappa shape index (κ2) is 6.22. The summed E-state index contributed by atoms with van der Waals surface area (Å²) in [6.45, 7) is 2.07. The van der Waals surface area contributed by atoms with Gasteiger partial charge >= 0.3 is 0 Å². The topological polar surface area (TPSA) is 68.1 Å². The molecule has 1 heterocycles. The molecule has 0 radical (unpaired) electrons. The van der Waals surface area contributed by atoms with Gasteiger partial charge in [0.25, 0.3) is 5.69 Å². The van der Waals surface area contributed by atoms with Gasteiger partial charge in [-0.3, -0.25) is 10.1 Å². The summed E-state index contributed by atoms with van der Waals surface area (Å²) >= 11 is 6.15. The first-order valence-corrected chi connectivity index (χ1v) is 7.56. The molecule has 0 amide bonds. The van der Waals surface area contributed by atoms with Crippen molar-refractivity contribution in [3.05, 3.63) is 69.4 Å². The molecule has 1 aromatic heterocycles. The van der Waals surface area contributed by atoms with E-state index in [0.717, 1.165) is 34.3 Å². The molecular formula is C17H14ClN3O2. The first-order chi connectivity index (χ1) is 11.1. The molecule has 0 unspecified atom stereocenters. The van der Waals surface area contributed by atoms with Gasteiger partial charge in [0.15, 0.2) is 0 Å². The summed E-state index contributed by atoms with van der Waals surface area (Å²) in [6, 6.07) is 14.0. The smallest absolute Gasteiger partial charge is 0.269 e. The van der Waals surface area contributed by atoms with Crippen LogP contribution in [0, 0.1) is 10.1 Å². The lowest BCUT2D eigenvalue weighted by molar-refractivity contribution is -0.384. The highest BCUT2D eigenvalue weighted by molar-refractivity contribution is 6.30. The minimum absolute atomic E-state index is 0.0569. The van der Waals surface area contributed by atoms with Crippen LogP contribution in [-0.2, 0) is 6.42 Å². The lowest BCUT2D eigenvalue weighted by Crippen LogP contribution is -1.96. The monoisotopic (exact) mass is 327 g/mol. The number of benzene rings is 2. The van der Waals surface area contributed by atoms with Gasteiger partial charge in [0.05, 0.1) is 16.1 Å². The summed E-state index contributed by atoms with van der Waals surface area (Å²) in [5, 5.41) is 15.3. The molecule has 0 bridgehead atoms. The molecule has 0 aliphatic rings. The predicted molar refractivity (Wildman–Crippen MR) is 92.5 cm³/mol. The number of pyridine rings is 1. The first kappa shape index (κ1) is 15.2. The van der Waals surface area contributed by atoms with Gasteiger partial charge < -0.3 is 5.32 Å². The summed E-state index contributed by atoms with van der Waals surface area (Å²) in [7, 11) is 0. The van der Waals surface area contributed by atoms with Crippen molar-refractivity contribution < 1.29 is 4.92 Å². The van der Waals surface area contributed by atoms with E-state index in [1.54, 1.807) is 18.2 Å². The maximum Gasteiger partial charge on any atom is 0.269 e. The van der Waals surface area contributed by atoms with Crippen LogP contribution in [0.1, 0.15) is 12.5 Å². The van der Waals surface area contributed by atoms with Crippen LogP contribution in [0.3, 0.4) is 0 Å². The van der Waals surface area contributed by atoms with Gasteiger partial charge in [-0.2, -0.15) is 0 Å². The average molecular weight is 328 g/mol. The van der Waals surface area contributed by atoms with E-state index >= 15 is 0 Å². The molecule has 0 saturated carbocycles. The van der Waals surface area contributed by atoms with Crippen molar-refractivity contribution in [2.24, 2.45) is 0 Å². The summed E-state index contributed by atoms with van der Waals surface area (Å²) in [4.78, 5) is 14.7. The molecule has 1 N–H and O–H groups in total. The fraction of sp³-hybridized carbons (Fsp3) is 0.118. The van der Waals surface area contributed by atoms with E-state index < -0.39 is 4.92 Å². The van der Waals surface area contributed by atoms with Crippen molar-refractivity contribution in [1.82, 2.24) is 4.98 Å². The molecule has 3 rings (SSSR count). The molecule has 0 saturated heterocycles. The van der Waals surface area contributed by atoms with Crippen molar-refractivity contribution in [3.8, 4) is 0 Å². The first-order valence-electron chi connectivity index (χ1n) is 7.18. The van der Waals surface area contributed by atoms with Crippen LogP contribution in [0.25, 0.3) is 10.9 Å². The number of hydrogen-bond donors (Lipinski definition) is 1. The van der Waals surface area contributed by atoms with Crippen molar-refractivity contribution in [2.75, 3.05) is 5.32 Å².